The molecule has 1 heterocycles. The average Bonchev–Trinajstić information content (AvgIpc) is 2.62. The summed E-state index contributed by atoms with van der Waals surface area (Å²) in [6.07, 6.45) is 0.746. The van der Waals surface area contributed by atoms with Crippen LogP contribution in [0.3, 0.4) is 0 Å². The molecule has 0 atom stereocenters. The normalized spacial score (nSPS) is 10.2. The molecule has 0 radical (unpaired) electrons. The molecular formula is C10H14N2OS. The van der Waals surface area contributed by atoms with Crippen molar-refractivity contribution in [1.82, 2.24) is 10.3 Å². The van der Waals surface area contributed by atoms with E-state index in [1.165, 1.54) is 11.3 Å². The van der Waals surface area contributed by atoms with Crippen LogP contribution >= 0.6 is 11.3 Å². The number of aldehydes is 1. The van der Waals surface area contributed by atoms with Crippen molar-refractivity contribution in [2.75, 3.05) is 6.54 Å². The van der Waals surface area contributed by atoms with Crippen LogP contribution in [0.2, 0.25) is 0 Å². The minimum atomic E-state index is 0.470. The second kappa shape index (κ2) is 4.91. The number of nitrogens with zero attached hydrogens (tertiary/aromatic N) is 1. The zero-order valence-corrected chi connectivity index (χ0v) is 9.23. The van der Waals surface area contributed by atoms with Gasteiger partial charge in [-0.3, -0.25) is 4.79 Å². The summed E-state index contributed by atoms with van der Waals surface area (Å²) in [5.41, 5.74) is 1.26. The molecule has 4 heteroatoms. The van der Waals surface area contributed by atoms with Crippen molar-refractivity contribution in [3.8, 4) is 0 Å². The summed E-state index contributed by atoms with van der Waals surface area (Å²) in [7, 11) is 0. The van der Waals surface area contributed by atoms with Crippen molar-refractivity contribution in [2.24, 2.45) is 5.92 Å². The van der Waals surface area contributed by atoms with Gasteiger partial charge in [-0.2, -0.15) is 0 Å². The van der Waals surface area contributed by atoms with E-state index in [2.05, 4.69) is 30.7 Å². The molecule has 1 N–H and O–H groups in total. The monoisotopic (exact) mass is 210 g/mol. The van der Waals surface area contributed by atoms with Gasteiger partial charge in [0, 0.05) is 11.9 Å². The molecule has 0 amide bonds. The fourth-order valence-electron chi connectivity index (χ4n) is 0.882. The molecule has 1 aromatic rings. The summed E-state index contributed by atoms with van der Waals surface area (Å²) < 4.78 is 0. The Morgan fingerprint density at radius 2 is 2.50 bits per heavy atom. The SMILES string of the molecule is C=C(NCC(C)C)c1nc(C=O)cs1. The Bertz CT molecular complexity index is 331. The number of nitrogens with one attached hydrogen (secondary N) is 1. The number of aromatic nitrogens is 1. The van der Waals surface area contributed by atoms with E-state index in [-0.39, 0.29) is 0 Å². The second-order valence-electron chi connectivity index (χ2n) is 3.45. The Hall–Kier alpha value is -1.16. The van der Waals surface area contributed by atoms with E-state index in [1.54, 1.807) is 5.38 Å². The predicted octanol–water partition coefficient (Wildman–Crippen LogP) is 2.17. The molecule has 0 aliphatic rings. The first kappa shape index (κ1) is 10.9. The smallest absolute Gasteiger partial charge is 0.169 e. The van der Waals surface area contributed by atoms with Gasteiger partial charge in [0.05, 0.1) is 5.70 Å². The Labute approximate surface area is 87.9 Å². The van der Waals surface area contributed by atoms with Gasteiger partial charge < -0.3 is 5.32 Å². The first-order chi connectivity index (χ1) is 6.63. The van der Waals surface area contributed by atoms with E-state index in [4.69, 9.17) is 0 Å². The third kappa shape index (κ3) is 2.96. The van der Waals surface area contributed by atoms with Crippen LogP contribution in [0.1, 0.15) is 29.3 Å². The first-order valence-corrected chi connectivity index (χ1v) is 5.35. The Morgan fingerprint density at radius 1 is 1.79 bits per heavy atom. The third-order valence-electron chi connectivity index (χ3n) is 1.62. The summed E-state index contributed by atoms with van der Waals surface area (Å²) in [6.45, 7) is 8.98. The van der Waals surface area contributed by atoms with Crippen LogP contribution in [0, 0.1) is 5.92 Å². The topological polar surface area (TPSA) is 42.0 Å². The first-order valence-electron chi connectivity index (χ1n) is 4.47. The van der Waals surface area contributed by atoms with Crippen molar-refractivity contribution >= 4 is 23.3 Å². The minimum absolute atomic E-state index is 0.470. The highest BCUT2D eigenvalue weighted by Crippen LogP contribution is 2.15. The van der Waals surface area contributed by atoms with Crippen LogP contribution in [0.25, 0.3) is 5.70 Å². The van der Waals surface area contributed by atoms with Crippen LogP contribution in [-0.2, 0) is 0 Å². The molecule has 0 aromatic carbocycles. The molecule has 1 rings (SSSR count). The molecule has 76 valence electrons. The predicted molar refractivity (Wildman–Crippen MR) is 59.4 cm³/mol. The molecule has 0 bridgehead atoms. The van der Waals surface area contributed by atoms with Gasteiger partial charge in [0.15, 0.2) is 6.29 Å². The summed E-state index contributed by atoms with van der Waals surface area (Å²) in [4.78, 5) is 14.5. The Balaban J connectivity index is 2.56. The summed E-state index contributed by atoms with van der Waals surface area (Å²) in [6, 6.07) is 0. The van der Waals surface area contributed by atoms with Crippen molar-refractivity contribution in [2.45, 2.75) is 13.8 Å². The summed E-state index contributed by atoms with van der Waals surface area (Å²) in [5, 5.41) is 5.69. The maximum atomic E-state index is 10.4. The molecule has 0 aliphatic heterocycles. The maximum absolute atomic E-state index is 10.4. The van der Waals surface area contributed by atoms with Crippen LogP contribution < -0.4 is 5.32 Å². The van der Waals surface area contributed by atoms with Gasteiger partial charge in [-0.05, 0) is 5.92 Å². The van der Waals surface area contributed by atoms with Gasteiger partial charge in [-0.25, -0.2) is 4.98 Å². The molecule has 0 saturated heterocycles. The van der Waals surface area contributed by atoms with E-state index >= 15 is 0 Å². The highest BCUT2D eigenvalue weighted by molar-refractivity contribution is 7.10. The highest BCUT2D eigenvalue weighted by Gasteiger charge is 2.04. The molecule has 1 aromatic heterocycles. The lowest BCUT2D eigenvalue weighted by molar-refractivity contribution is 0.111. The fraction of sp³-hybridized carbons (Fsp3) is 0.400. The van der Waals surface area contributed by atoms with Gasteiger partial charge in [-0.1, -0.05) is 20.4 Å². The van der Waals surface area contributed by atoms with Crippen LogP contribution in [0.5, 0.6) is 0 Å². The lowest BCUT2D eigenvalue weighted by Crippen LogP contribution is -2.17. The van der Waals surface area contributed by atoms with Crippen molar-refractivity contribution in [3.05, 3.63) is 22.7 Å². The molecule has 0 spiro atoms. The maximum Gasteiger partial charge on any atom is 0.169 e. The van der Waals surface area contributed by atoms with E-state index in [0.717, 1.165) is 23.5 Å². The van der Waals surface area contributed by atoms with E-state index in [1.807, 2.05) is 0 Å². The standard InChI is InChI=1S/C10H14N2OS/c1-7(2)4-11-8(3)10-12-9(5-13)6-14-10/h5-7,11H,3-4H2,1-2H3. The van der Waals surface area contributed by atoms with Crippen LogP contribution in [-0.4, -0.2) is 17.8 Å². The van der Waals surface area contributed by atoms with Crippen molar-refractivity contribution in [1.29, 1.82) is 0 Å². The number of hydrogen-bond donors (Lipinski definition) is 1. The van der Waals surface area contributed by atoms with E-state index < -0.39 is 0 Å². The molecule has 0 saturated carbocycles. The number of carbonyl (C=O) groups excluding carboxylic acids is 1. The number of rotatable bonds is 5. The number of hydrogen-bond acceptors (Lipinski definition) is 4. The fourth-order valence-corrected chi connectivity index (χ4v) is 1.60. The zero-order chi connectivity index (χ0) is 10.6. The Morgan fingerprint density at radius 3 is 3.00 bits per heavy atom. The van der Waals surface area contributed by atoms with Crippen LogP contribution in [0.15, 0.2) is 12.0 Å². The molecule has 0 fully saturated rings. The molecule has 14 heavy (non-hydrogen) atoms. The summed E-state index contributed by atoms with van der Waals surface area (Å²) >= 11 is 1.43. The van der Waals surface area contributed by atoms with Crippen molar-refractivity contribution < 1.29 is 4.79 Å². The van der Waals surface area contributed by atoms with Gasteiger partial charge in [0.25, 0.3) is 0 Å². The molecule has 0 aliphatic carbocycles. The molecule has 3 nitrogen and oxygen atoms in total. The third-order valence-corrected chi connectivity index (χ3v) is 2.54. The van der Waals surface area contributed by atoms with E-state index in [0.29, 0.717) is 11.6 Å². The van der Waals surface area contributed by atoms with Crippen molar-refractivity contribution in [3.63, 3.8) is 0 Å². The van der Waals surface area contributed by atoms with Gasteiger partial charge in [0.2, 0.25) is 0 Å². The lowest BCUT2D eigenvalue weighted by Gasteiger charge is -2.08. The molecular weight excluding hydrogens is 196 g/mol. The van der Waals surface area contributed by atoms with Gasteiger partial charge >= 0.3 is 0 Å². The number of thiazole rings is 1. The number of carbonyl (C=O) groups is 1. The van der Waals surface area contributed by atoms with E-state index in [9.17, 15) is 4.79 Å². The highest BCUT2D eigenvalue weighted by atomic mass is 32.1. The second-order valence-corrected chi connectivity index (χ2v) is 4.31. The van der Waals surface area contributed by atoms with Gasteiger partial charge in [0.1, 0.15) is 10.7 Å². The average molecular weight is 210 g/mol. The minimum Gasteiger partial charge on any atom is -0.383 e. The quantitative estimate of drug-likeness (QED) is 0.757. The van der Waals surface area contributed by atoms with Crippen LogP contribution in [0.4, 0.5) is 0 Å². The lowest BCUT2D eigenvalue weighted by atomic mass is 10.2. The van der Waals surface area contributed by atoms with Gasteiger partial charge in [-0.15, -0.1) is 11.3 Å². The largest absolute Gasteiger partial charge is 0.383 e. The zero-order valence-electron chi connectivity index (χ0n) is 8.41. The summed E-state index contributed by atoms with van der Waals surface area (Å²) in [5.74, 6) is 0.567. The Kier molecular flexibility index (Phi) is 3.83. The molecule has 0 unspecified atom stereocenters.